The zero-order chi connectivity index (χ0) is 10.2. The predicted octanol–water partition coefficient (Wildman–Crippen LogP) is 3.18. The fourth-order valence-electron chi connectivity index (χ4n) is 2.78. The van der Waals surface area contributed by atoms with E-state index < -0.39 is 0 Å². The van der Waals surface area contributed by atoms with Gasteiger partial charge in [-0.15, -0.1) is 0 Å². The summed E-state index contributed by atoms with van der Waals surface area (Å²) in [6, 6.07) is 8.34. The second-order valence-electron chi connectivity index (χ2n) is 4.29. The van der Waals surface area contributed by atoms with Crippen molar-refractivity contribution in [1.29, 1.82) is 0 Å². The Balaban J connectivity index is 2.52. The molecule has 0 saturated heterocycles. The lowest BCUT2D eigenvalue weighted by Gasteiger charge is -2.27. The maximum Gasteiger partial charge on any atom is 0.0801 e. The molecule has 1 aliphatic rings. The molecule has 0 heterocycles. The van der Waals surface area contributed by atoms with E-state index in [1.807, 2.05) is 6.07 Å². The van der Waals surface area contributed by atoms with Crippen LogP contribution in [-0.2, 0) is 5.41 Å². The smallest absolute Gasteiger partial charge is 0.0801 e. The highest BCUT2D eigenvalue weighted by Gasteiger charge is 2.39. The van der Waals surface area contributed by atoms with Gasteiger partial charge in [0.25, 0.3) is 0 Å². The Morgan fingerprint density at radius 2 is 1.93 bits per heavy atom. The summed E-state index contributed by atoms with van der Waals surface area (Å²) in [5.74, 6) is 0. The van der Waals surface area contributed by atoms with Crippen molar-refractivity contribution in [1.82, 2.24) is 0 Å². The second-order valence-corrected chi connectivity index (χ2v) is 4.29. The highest BCUT2D eigenvalue weighted by atomic mass is 16.3. The highest BCUT2D eigenvalue weighted by Crippen LogP contribution is 2.48. The van der Waals surface area contributed by atoms with Crippen LogP contribution < -0.4 is 0 Å². The zero-order valence-electron chi connectivity index (χ0n) is 8.96. The van der Waals surface area contributed by atoms with Gasteiger partial charge in [-0.25, -0.2) is 0 Å². The number of aliphatic hydroxyl groups is 1. The van der Waals surface area contributed by atoms with E-state index in [-0.39, 0.29) is 11.5 Å². The number of hydrogen-bond acceptors (Lipinski definition) is 1. The van der Waals surface area contributed by atoms with E-state index in [0.29, 0.717) is 0 Å². The third kappa shape index (κ3) is 1.19. The topological polar surface area (TPSA) is 20.2 Å². The predicted molar refractivity (Wildman–Crippen MR) is 58.3 cm³/mol. The van der Waals surface area contributed by atoms with E-state index in [0.717, 1.165) is 24.8 Å². The first-order chi connectivity index (χ1) is 6.73. The fraction of sp³-hybridized carbons (Fsp3) is 0.538. The van der Waals surface area contributed by atoms with Gasteiger partial charge in [-0.3, -0.25) is 0 Å². The van der Waals surface area contributed by atoms with Crippen molar-refractivity contribution < 1.29 is 5.11 Å². The van der Waals surface area contributed by atoms with E-state index in [1.54, 1.807) is 0 Å². The summed E-state index contributed by atoms with van der Waals surface area (Å²) in [5.41, 5.74) is 2.75. The summed E-state index contributed by atoms with van der Waals surface area (Å²) >= 11 is 0. The van der Waals surface area contributed by atoms with Gasteiger partial charge in [-0.2, -0.15) is 0 Å². The number of aliphatic hydroxyl groups excluding tert-OH is 1. The van der Waals surface area contributed by atoms with Crippen LogP contribution in [0, 0.1) is 0 Å². The molecule has 0 aromatic heterocycles. The van der Waals surface area contributed by atoms with Crippen molar-refractivity contribution in [2.24, 2.45) is 0 Å². The largest absolute Gasteiger partial charge is 0.388 e. The molecule has 0 saturated carbocycles. The Hall–Kier alpha value is -0.820. The van der Waals surface area contributed by atoms with Crippen LogP contribution in [0.1, 0.15) is 50.3 Å². The van der Waals surface area contributed by atoms with Crippen LogP contribution in [0.5, 0.6) is 0 Å². The molecular weight excluding hydrogens is 172 g/mol. The number of rotatable bonds is 2. The Labute approximate surface area is 85.8 Å². The van der Waals surface area contributed by atoms with Crippen molar-refractivity contribution in [2.75, 3.05) is 0 Å². The maximum atomic E-state index is 9.98. The maximum absolute atomic E-state index is 9.98. The lowest BCUT2D eigenvalue weighted by molar-refractivity contribution is 0.151. The number of fused-ring (bicyclic) bond motifs is 1. The summed E-state index contributed by atoms with van der Waals surface area (Å²) in [6.45, 7) is 4.44. The summed E-state index contributed by atoms with van der Waals surface area (Å²) in [5, 5.41) is 9.98. The molecule has 1 N–H and O–H groups in total. The molecule has 1 aromatic carbocycles. The van der Waals surface area contributed by atoms with Gasteiger partial charge in [0.15, 0.2) is 0 Å². The quantitative estimate of drug-likeness (QED) is 0.759. The van der Waals surface area contributed by atoms with Crippen molar-refractivity contribution in [3.8, 4) is 0 Å². The van der Waals surface area contributed by atoms with Crippen molar-refractivity contribution in [3.63, 3.8) is 0 Å². The third-order valence-corrected chi connectivity index (χ3v) is 3.83. The van der Waals surface area contributed by atoms with Crippen LogP contribution in [0.15, 0.2) is 24.3 Å². The molecule has 1 aliphatic carbocycles. The van der Waals surface area contributed by atoms with E-state index in [4.69, 9.17) is 0 Å². The van der Waals surface area contributed by atoms with E-state index in [1.165, 1.54) is 5.56 Å². The molecule has 0 aliphatic heterocycles. The minimum absolute atomic E-state index is 0.232. The molecule has 76 valence electrons. The molecule has 0 fully saturated rings. The SMILES string of the molecule is CCC1(CC)C[C@H](O)c2ccccc21. The number of benzene rings is 1. The van der Waals surface area contributed by atoms with E-state index in [9.17, 15) is 5.11 Å². The molecule has 1 heteroatoms. The monoisotopic (exact) mass is 190 g/mol. The van der Waals surface area contributed by atoms with Gasteiger partial charge >= 0.3 is 0 Å². The fourth-order valence-corrected chi connectivity index (χ4v) is 2.78. The normalized spacial score (nSPS) is 23.5. The lowest BCUT2D eigenvalue weighted by Crippen LogP contribution is -2.20. The van der Waals surface area contributed by atoms with Gasteiger partial charge in [0.05, 0.1) is 6.10 Å². The van der Waals surface area contributed by atoms with Crippen LogP contribution in [0.2, 0.25) is 0 Å². The Morgan fingerprint density at radius 1 is 1.29 bits per heavy atom. The zero-order valence-corrected chi connectivity index (χ0v) is 8.96. The van der Waals surface area contributed by atoms with Crippen LogP contribution in [0.4, 0.5) is 0 Å². The molecule has 0 bridgehead atoms. The first-order valence-electron chi connectivity index (χ1n) is 5.51. The summed E-state index contributed by atoms with van der Waals surface area (Å²) < 4.78 is 0. The molecule has 0 amide bonds. The molecule has 2 rings (SSSR count). The van der Waals surface area contributed by atoms with Crippen LogP contribution in [-0.4, -0.2) is 5.11 Å². The molecule has 14 heavy (non-hydrogen) atoms. The minimum Gasteiger partial charge on any atom is -0.388 e. The number of hydrogen-bond donors (Lipinski definition) is 1. The second kappa shape index (κ2) is 3.39. The Morgan fingerprint density at radius 3 is 2.57 bits per heavy atom. The first-order valence-corrected chi connectivity index (χ1v) is 5.51. The van der Waals surface area contributed by atoms with Crippen molar-refractivity contribution in [2.45, 2.75) is 44.6 Å². The first kappa shape index (κ1) is 9.72. The van der Waals surface area contributed by atoms with Gasteiger partial charge in [-0.1, -0.05) is 38.1 Å². The molecule has 1 aromatic rings. The van der Waals surface area contributed by atoms with Crippen molar-refractivity contribution >= 4 is 0 Å². The van der Waals surface area contributed by atoms with Gasteiger partial charge in [-0.05, 0) is 35.8 Å². The van der Waals surface area contributed by atoms with Gasteiger partial charge in [0, 0.05) is 0 Å². The summed E-state index contributed by atoms with van der Waals surface area (Å²) in [6.07, 6.45) is 2.90. The molecule has 1 atom stereocenters. The third-order valence-electron chi connectivity index (χ3n) is 3.83. The summed E-state index contributed by atoms with van der Waals surface area (Å²) in [7, 11) is 0. The highest BCUT2D eigenvalue weighted by molar-refractivity contribution is 5.41. The van der Waals surface area contributed by atoms with E-state index in [2.05, 4.69) is 32.0 Å². The molecule has 1 nitrogen and oxygen atoms in total. The van der Waals surface area contributed by atoms with Gasteiger partial charge in [0.2, 0.25) is 0 Å². The Bertz CT molecular complexity index is 326. The van der Waals surface area contributed by atoms with Crippen LogP contribution in [0.25, 0.3) is 0 Å². The standard InChI is InChI=1S/C13H18O/c1-3-13(4-2)9-12(14)10-7-5-6-8-11(10)13/h5-8,12,14H,3-4,9H2,1-2H3/t12-/m0/s1. The van der Waals surface area contributed by atoms with Gasteiger partial charge in [0.1, 0.15) is 0 Å². The minimum atomic E-state index is -0.244. The lowest BCUT2D eigenvalue weighted by atomic mass is 9.77. The molecule has 0 unspecified atom stereocenters. The molecular formula is C13H18O. The van der Waals surface area contributed by atoms with Crippen LogP contribution >= 0.6 is 0 Å². The van der Waals surface area contributed by atoms with Crippen LogP contribution in [0.3, 0.4) is 0 Å². The molecule has 0 spiro atoms. The van der Waals surface area contributed by atoms with Crippen molar-refractivity contribution in [3.05, 3.63) is 35.4 Å². The van der Waals surface area contributed by atoms with E-state index >= 15 is 0 Å². The average molecular weight is 190 g/mol. The van der Waals surface area contributed by atoms with Gasteiger partial charge < -0.3 is 5.11 Å². The average Bonchev–Trinajstić information content (AvgIpc) is 2.53. The summed E-state index contributed by atoms with van der Waals surface area (Å²) in [4.78, 5) is 0. The Kier molecular flexibility index (Phi) is 2.36. The molecule has 0 radical (unpaired) electrons.